The monoisotopic (exact) mass is 470 g/mol. The van der Waals surface area contributed by atoms with E-state index in [0.717, 1.165) is 32.1 Å². The summed E-state index contributed by atoms with van der Waals surface area (Å²) in [5, 5.41) is 19.8. The summed E-state index contributed by atoms with van der Waals surface area (Å²) in [5.41, 5.74) is 0. The van der Waals surface area contributed by atoms with Gasteiger partial charge in [-0.25, -0.2) is 0 Å². The third-order valence-electron chi connectivity index (χ3n) is 5.55. The zero-order valence-electron chi connectivity index (χ0n) is 21.5. The molecule has 3 N–H and O–H groups in total. The van der Waals surface area contributed by atoms with Gasteiger partial charge in [0.25, 0.3) is 0 Å². The van der Waals surface area contributed by atoms with Gasteiger partial charge in [0.2, 0.25) is 17.7 Å². The molecule has 33 heavy (non-hydrogen) atoms. The quantitative estimate of drug-likeness (QED) is 0.127. The van der Waals surface area contributed by atoms with Crippen LogP contribution < -0.4 is 16.0 Å². The second kappa shape index (κ2) is 20.9. The lowest BCUT2D eigenvalue weighted by atomic mass is 10.1. The SMILES string of the molecule is CCCCCCCCCCCC(=O)NCCNC(=O)CCC(=O)NCCCCC[N+](C)(C)[O-]. The van der Waals surface area contributed by atoms with Crippen LogP contribution in [0.2, 0.25) is 0 Å². The van der Waals surface area contributed by atoms with E-state index in [1.54, 1.807) is 14.1 Å². The van der Waals surface area contributed by atoms with E-state index in [0.29, 0.717) is 32.6 Å². The molecular weight excluding hydrogens is 420 g/mol. The van der Waals surface area contributed by atoms with Crippen LogP contribution in [0.4, 0.5) is 0 Å². The number of rotatable bonds is 22. The van der Waals surface area contributed by atoms with Gasteiger partial charge >= 0.3 is 0 Å². The average molecular weight is 471 g/mol. The fourth-order valence-electron chi connectivity index (χ4n) is 3.51. The molecule has 0 rings (SSSR count). The van der Waals surface area contributed by atoms with Crippen molar-refractivity contribution in [1.29, 1.82) is 0 Å². The Hall–Kier alpha value is -1.67. The summed E-state index contributed by atoms with van der Waals surface area (Å²) in [5.74, 6) is -0.294. The fourth-order valence-corrected chi connectivity index (χ4v) is 3.51. The van der Waals surface area contributed by atoms with E-state index < -0.39 is 0 Å². The maximum absolute atomic E-state index is 11.8. The highest BCUT2D eigenvalue weighted by Gasteiger charge is 2.07. The van der Waals surface area contributed by atoms with Crippen molar-refractivity contribution in [3.8, 4) is 0 Å². The molecule has 0 unspecified atom stereocenters. The molecule has 0 aromatic carbocycles. The van der Waals surface area contributed by atoms with Gasteiger partial charge in [-0.1, -0.05) is 58.3 Å². The molecule has 8 heteroatoms. The van der Waals surface area contributed by atoms with Gasteiger partial charge in [-0.05, 0) is 25.7 Å². The lowest BCUT2D eigenvalue weighted by Crippen LogP contribution is -2.35. The molecule has 0 aromatic rings. The van der Waals surface area contributed by atoms with Crippen LogP contribution in [0.25, 0.3) is 0 Å². The molecule has 0 atom stereocenters. The van der Waals surface area contributed by atoms with Gasteiger partial charge in [0, 0.05) is 38.9 Å². The van der Waals surface area contributed by atoms with E-state index in [-0.39, 0.29) is 35.2 Å². The first-order chi connectivity index (χ1) is 15.7. The summed E-state index contributed by atoms with van der Waals surface area (Å²) < 4.78 is -0.287. The van der Waals surface area contributed by atoms with Crippen LogP contribution in [0.1, 0.15) is 103 Å². The summed E-state index contributed by atoms with van der Waals surface area (Å²) >= 11 is 0. The standard InChI is InChI=1S/C25H50N4O4/c1-4-5-6-7-8-9-10-11-13-16-23(30)27-20-21-28-25(32)18-17-24(31)26-19-14-12-15-22-29(2,3)33/h4-22H2,1-3H3,(H,26,31)(H,27,30)(H,28,32). The van der Waals surface area contributed by atoms with Crippen LogP contribution in [-0.4, -0.2) is 62.6 Å². The topological polar surface area (TPSA) is 110 Å². The maximum atomic E-state index is 11.8. The van der Waals surface area contributed by atoms with E-state index in [1.807, 2.05) is 0 Å². The molecule has 0 bridgehead atoms. The predicted molar refractivity (Wildman–Crippen MR) is 134 cm³/mol. The highest BCUT2D eigenvalue weighted by Crippen LogP contribution is 2.10. The molecule has 8 nitrogen and oxygen atoms in total. The average Bonchev–Trinajstić information content (AvgIpc) is 2.75. The number of unbranched alkanes of at least 4 members (excludes halogenated alkanes) is 10. The van der Waals surface area contributed by atoms with Crippen molar-refractivity contribution in [2.24, 2.45) is 0 Å². The van der Waals surface area contributed by atoms with Crippen LogP contribution in [0.5, 0.6) is 0 Å². The normalized spacial score (nSPS) is 11.3. The van der Waals surface area contributed by atoms with Gasteiger partial charge in [-0.3, -0.25) is 14.4 Å². The second-order valence-corrected chi connectivity index (χ2v) is 9.49. The van der Waals surface area contributed by atoms with E-state index >= 15 is 0 Å². The number of hydrogen-bond donors (Lipinski definition) is 3. The Morgan fingerprint density at radius 2 is 1.00 bits per heavy atom. The zero-order chi connectivity index (χ0) is 24.8. The van der Waals surface area contributed by atoms with Crippen LogP contribution in [0, 0.1) is 5.21 Å². The first-order valence-corrected chi connectivity index (χ1v) is 13.1. The van der Waals surface area contributed by atoms with Crippen molar-refractivity contribution in [1.82, 2.24) is 16.0 Å². The minimum atomic E-state index is -0.287. The Labute approximate surface area is 201 Å². The van der Waals surface area contributed by atoms with Crippen molar-refractivity contribution < 1.29 is 19.0 Å². The largest absolute Gasteiger partial charge is 0.633 e. The van der Waals surface area contributed by atoms with Gasteiger partial charge in [-0.2, -0.15) is 0 Å². The fraction of sp³-hybridized carbons (Fsp3) is 0.880. The minimum Gasteiger partial charge on any atom is -0.633 e. The van der Waals surface area contributed by atoms with Crippen LogP contribution in [-0.2, 0) is 14.4 Å². The number of amides is 3. The molecule has 0 aromatic heterocycles. The van der Waals surface area contributed by atoms with E-state index in [4.69, 9.17) is 0 Å². The lowest BCUT2D eigenvalue weighted by Gasteiger charge is -2.33. The number of quaternary nitrogens is 1. The number of carbonyl (C=O) groups is 3. The summed E-state index contributed by atoms with van der Waals surface area (Å²) in [7, 11) is 3.25. The molecule has 0 aliphatic rings. The summed E-state index contributed by atoms with van der Waals surface area (Å²) in [4.78, 5) is 35.4. The van der Waals surface area contributed by atoms with Crippen molar-refractivity contribution in [3.63, 3.8) is 0 Å². The summed E-state index contributed by atoms with van der Waals surface area (Å²) in [6.45, 7) is 4.16. The molecule has 0 spiro atoms. The van der Waals surface area contributed by atoms with Gasteiger partial charge in [-0.15, -0.1) is 0 Å². The first-order valence-electron chi connectivity index (χ1n) is 13.1. The molecule has 3 amide bonds. The molecule has 0 aliphatic heterocycles. The maximum Gasteiger partial charge on any atom is 0.220 e. The molecule has 0 heterocycles. The van der Waals surface area contributed by atoms with E-state index in [1.165, 1.54) is 44.9 Å². The molecule has 0 saturated carbocycles. The van der Waals surface area contributed by atoms with E-state index in [2.05, 4.69) is 22.9 Å². The number of hydroxylamine groups is 3. The molecule has 0 aliphatic carbocycles. The van der Waals surface area contributed by atoms with Crippen molar-refractivity contribution in [2.75, 3.05) is 40.3 Å². The summed E-state index contributed by atoms with van der Waals surface area (Å²) in [6, 6.07) is 0. The third kappa shape index (κ3) is 24.8. The van der Waals surface area contributed by atoms with Crippen molar-refractivity contribution in [3.05, 3.63) is 5.21 Å². The Kier molecular flexibility index (Phi) is 19.8. The zero-order valence-corrected chi connectivity index (χ0v) is 21.5. The highest BCUT2D eigenvalue weighted by molar-refractivity contribution is 5.83. The Morgan fingerprint density at radius 3 is 1.52 bits per heavy atom. The molecule has 0 saturated heterocycles. The smallest absolute Gasteiger partial charge is 0.220 e. The number of hydrogen-bond acceptors (Lipinski definition) is 4. The van der Waals surface area contributed by atoms with Crippen LogP contribution >= 0.6 is 0 Å². The Balaban J connectivity index is 3.48. The molecular formula is C25H50N4O4. The minimum absolute atomic E-state index is 0.0318. The third-order valence-corrected chi connectivity index (χ3v) is 5.55. The summed E-state index contributed by atoms with van der Waals surface area (Å²) in [6.07, 6.45) is 14.4. The van der Waals surface area contributed by atoms with Crippen LogP contribution in [0.15, 0.2) is 0 Å². The van der Waals surface area contributed by atoms with Crippen molar-refractivity contribution >= 4 is 17.7 Å². The Bertz CT molecular complexity index is 521. The molecule has 0 fully saturated rings. The molecule has 194 valence electrons. The highest BCUT2D eigenvalue weighted by atomic mass is 16.5. The van der Waals surface area contributed by atoms with Gasteiger partial charge in [0.1, 0.15) is 0 Å². The van der Waals surface area contributed by atoms with Gasteiger partial charge < -0.3 is 25.8 Å². The lowest BCUT2D eigenvalue weighted by molar-refractivity contribution is -0.840. The Morgan fingerprint density at radius 1 is 0.576 bits per heavy atom. The van der Waals surface area contributed by atoms with Crippen molar-refractivity contribution in [2.45, 2.75) is 103 Å². The number of carbonyl (C=O) groups excluding carboxylic acids is 3. The van der Waals surface area contributed by atoms with Gasteiger partial charge in [0.05, 0.1) is 20.6 Å². The number of nitrogens with zero attached hydrogens (tertiary/aromatic N) is 1. The van der Waals surface area contributed by atoms with Crippen LogP contribution in [0.3, 0.4) is 0 Å². The molecule has 0 radical (unpaired) electrons. The van der Waals surface area contributed by atoms with Gasteiger partial charge in [0.15, 0.2) is 0 Å². The predicted octanol–water partition coefficient (Wildman–Crippen LogP) is 3.78. The van der Waals surface area contributed by atoms with E-state index in [9.17, 15) is 19.6 Å². The second-order valence-electron chi connectivity index (χ2n) is 9.49. The first kappa shape index (κ1) is 31.3. The number of nitrogens with one attached hydrogen (secondary N) is 3.